The number of rotatable bonds is 3. The second-order valence-electron chi connectivity index (χ2n) is 5.57. The number of morpholine rings is 1. The predicted molar refractivity (Wildman–Crippen MR) is 78.7 cm³/mol. The summed E-state index contributed by atoms with van der Waals surface area (Å²) in [5.74, 6) is 0.0492. The Balaban J connectivity index is 1.84. The smallest absolute Gasteiger partial charge is 0.245 e. The number of anilines is 2. The number of nitrogen functional groups attached to an aromatic ring is 1. The van der Waals surface area contributed by atoms with Crippen LogP contribution in [0.1, 0.15) is 18.4 Å². The van der Waals surface area contributed by atoms with E-state index in [1.54, 1.807) is 0 Å². The fraction of sp³-hybridized carbons (Fsp3) is 0.533. The van der Waals surface area contributed by atoms with Crippen molar-refractivity contribution >= 4 is 17.3 Å². The Morgan fingerprint density at radius 1 is 1.45 bits per heavy atom. The van der Waals surface area contributed by atoms with E-state index < -0.39 is 0 Å². The minimum atomic E-state index is -0.284. The van der Waals surface area contributed by atoms with Crippen LogP contribution in [-0.2, 0) is 9.53 Å². The van der Waals surface area contributed by atoms with Gasteiger partial charge in [0, 0.05) is 12.6 Å². The highest BCUT2D eigenvalue weighted by atomic mass is 16.5. The van der Waals surface area contributed by atoms with Crippen LogP contribution in [0, 0.1) is 6.92 Å². The van der Waals surface area contributed by atoms with E-state index >= 15 is 0 Å². The van der Waals surface area contributed by atoms with Crippen molar-refractivity contribution < 1.29 is 9.53 Å². The Hall–Kier alpha value is -1.75. The van der Waals surface area contributed by atoms with E-state index in [9.17, 15) is 4.79 Å². The first kappa shape index (κ1) is 13.2. The molecule has 2 fully saturated rings. The van der Waals surface area contributed by atoms with E-state index in [2.05, 4.69) is 10.2 Å². The Morgan fingerprint density at radius 2 is 2.25 bits per heavy atom. The van der Waals surface area contributed by atoms with Gasteiger partial charge in [-0.1, -0.05) is 12.1 Å². The largest absolute Gasteiger partial charge is 0.397 e. The van der Waals surface area contributed by atoms with E-state index in [0.29, 0.717) is 25.8 Å². The van der Waals surface area contributed by atoms with Crippen LogP contribution >= 0.6 is 0 Å². The minimum Gasteiger partial charge on any atom is -0.397 e. The van der Waals surface area contributed by atoms with Gasteiger partial charge in [-0.3, -0.25) is 4.79 Å². The van der Waals surface area contributed by atoms with Crippen molar-refractivity contribution in [1.29, 1.82) is 0 Å². The van der Waals surface area contributed by atoms with Gasteiger partial charge in [-0.05, 0) is 31.4 Å². The van der Waals surface area contributed by atoms with Crippen LogP contribution in [0.2, 0.25) is 0 Å². The maximum atomic E-state index is 12.4. The zero-order valence-corrected chi connectivity index (χ0v) is 11.8. The molecule has 1 aliphatic heterocycles. The van der Waals surface area contributed by atoms with Crippen molar-refractivity contribution in [1.82, 2.24) is 5.32 Å². The van der Waals surface area contributed by atoms with Crippen LogP contribution in [0.3, 0.4) is 0 Å². The number of amides is 1. The third-order valence-electron chi connectivity index (χ3n) is 3.97. The molecular weight excluding hydrogens is 254 g/mol. The van der Waals surface area contributed by atoms with Crippen LogP contribution in [0.4, 0.5) is 11.4 Å². The molecule has 5 heteroatoms. The van der Waals surface area contributed by atoms with Crippen molar-refractivity contribution in [2.75, 3.05) is 30.4 Å². The van der Waals surface area contributed by atoms with Gasteiger partial charge in [0.1, 0.15) is 6.04 Å². The molecule has 1 aliphatic carbocycles. The molecule has 1 unspecified atom stereocenters. The van der Waals surface area contributed by atoms with Gasteiger partial charge >= 0.3 is 0 Å². The molecular formula is C15H21N3O2. The Labute approximate surface area is 119 Å². The first-order valence-corrected chi connectivity index (χ1v) is 7.16. The summed E-state index contributed by atoms with van der Waals surface area (Å²) in [6.07, 6.45) is 2.18. The number of hydrogen-bond donors (Lipinski definition) is 2. The van der Waals surface area contributed by atoms with Crippen molar-refractivity contribution in [3.05, 3.63) is 23.8 Å². The summed E-state index contributed by atoms with van der Waals surface area (Å²) in [6, 6.07) is 6.02. The van der Waals surface area contributed by atoms with E-state index in [0.717, 1.165) is 29.8 Å². The van der Waals surface area contributed by atoms with Crippen LogP contribution < -0.4 is 16.0 Å². The van der Waals surface area contributed by atoms with Crippen LogP contribution in [0.15, 0.2) is 18.2 Å². The average molecular weight is 275 g/mol. The Kier molecular flexibility index (Phi) is 3.53. The third-order valence-corrected chi connectivity index (χ3v) is 3.97. The molecule has 1 atom stereocenters. The molecule has 2 aliphatic rings. The minimum absolute atomic E-state index is 0.0492. The number of benzene rings is 1. The molecule has 1 saturated carbocycles. The topological polar surface area (TPSA) is 67.6 Å². The second-order valence-corrected chi connectivity index (χ2v) is 5.57. The number of para-hydroxylation sites is 1. The van der Waals surface area contributed by atoms with Gasteiger partial charge in [-0.25, -0.2) is 0 Å². The summed E-state index contributed by atoms with van der Waals surface area (Å²) < 4.78 is 5.48. The molecule has 1 aromatic rings. The fourth-order valence-electron chi connectivity index (χ4n) is 2.55. The molecule has 0 bridgehead atoms. The standard InChI is InChI=1S/C15H21N3O2/c1-10-3-2-4-12(14(10)16)18-7-8-20-9-13(18)15(19)17-11-5-6-11/h2-4,11,13H,5-9,16H2,1H3,(H,17,19). The van der Waals surface area contributed by atoms with E-state index in [1.165, 1.54) is 0 Å². The fourth-order valence-corrected chi connectivity index (χ4v) is 2.55. The maximum Gasteiger partial charge on any atom is 0.245 e. The lowest BCUT2D eigenvalue weighted by atomic mass is 10.1. The summed E-state index contributed by atoms with van der Waals surface area (Å²) in [6.45, 7) is 3.72. The quantitative estimate of drug-likeness (QED) is 0.810. The zero-order valence-electron chi connectivity index (χ0n) is 11.8. The third kappa shape index (κ3) is 2.58. The van der Waals surface area contributed by atoms with Crippen LogP contribution in [-0.4, -0.2) is 37.7 Å². The predicted octanol–water partition coefficient (Wildman–Crippen LogP) is 1.06. The lowest BCUT2D eigenvalue weighted by Crippen LogP contribution is -2.54. The molecule has 108 valence electrons. The lowest BCUT2D eigenvalue weighted by molar-refractivity contribution is -0.124. The molecule has 1 aromatic carbocycles. The summed E-state index contributed by atoms with van der Waals surface area (Å²) in [5.41, 5.74) is 8.90. The number of hydrogen-bond acceptors (Lipinski definition) is 4. The summed E-state index contributed by atoms with van der Waals surface area (Å²) in [4.78, 5) is 14.4. The maximum absolute atomic E-state index is 12.4. The molecule has 0 aromatic heterocycles. The molecule has 1 heterocycles. The Morgan fingerprint density at radius 3 is 3.00 bits per heavy atom. The molecule has 1 amide bonds. The summed E-state index contributed by atoms with van der Waals surface area (Å²) in [7, 11) is 0. The van der Waals surface area contributed by atoms with Crippen molar-refractivity contribution in [2.24, 2.45) is 0 Å². The lowest BCUT2D eigenvalue weighted by Gasteiger charge is -2.37. The monoisotopic (exact) mass is 275 g/mol. The molecule has 0 radical (unpaired) electrons. The number of nitrogens with two attached hydrogens (primary N) is 1. The van der Waals surface area contributed by atoms with Gasteiger partial charge in [0.25, 0.3) is 0 Å². The highest BCUT2D eigenvalue weighted by Gasteiger charge is 2.34. The molecule has 1 saturated heterocycles. The number of nitrogens with one attached hydrogen (secondary N) is 1. The highest BCUT2D eigenvalue weighted by molar-refractivity contribution is 5.88. The molecule has 20 heavy (non-hydrogen) atoms. The normalized spacial score (nSPS) is 22.6. The van der Waals surface area contributed by atoms with E-state index in [1.807, 2.05) is 25.1 Å². The zero-order chi connectivity index (χ0) is 14.1. The van der Waals surface area contributed by atoms with Crippen LogP contribution in [0.25, 0.3) is 0 Å². The van der Waals surface area contributed by atoms with Gasteiger partial charge in [0.15, 0.2) is 0 Å². The molecule has 5 nitrogen and oxygen atoms in total. The van der Waals surface area contributed by atoms with Crippen LogP contribution in [0.5, 0.6) is 0 Å². The van der Waals surface area contributed by atoms with Gasteiger partial charge in [0.05, 0.1) is 24.6 Å². The summed E-state index contributed by atoms with van der Waals surface area (Å²) in [5, 5.41) is 3.06. The SMILES string of the molecule is Cc1cccc(N2CCOCC2C(=O)NC2CC2)c1N. The average Bonchev–Trinajstić information content (AvgIpc) is 3.26. The summed E-state index contributed by atoms with van der Waals surface area (Å²) >= 11 is 0. The van der Waals surface area contributed by atoms with Gasteiger partial charge in [0.2, 0.25) is 5.91 Å². The Bertz CT molecular complexity index is 514. The number of carbonyl (C=O) groups is 1. The second kappa shape index (κ2) is 5.32. The number of ether oxygens (including phenoxy) is 1. The number of aryl methyl sites for hydroxylation is 1. The highest BCUT2D eigenvalue weighted by Crippen LogP contribution is 2.29. The first-order valence-electron chi connectivity index (χ1n) is 7.16. The van der Waals surface area contributed by atoms with Crippen molar-refractivity contribution in [3.63, 3.8) is 0 Å². The van der Waals surface area contributed by atoms with Gasteiger partial charge in [-0.15, -0.1) is 0 Å². The van der Waals surface area contributed by atoms with Crippen molar-refractivity contribution in [2.45, 2.75) is 31.8 Å². The van der Waals surface area contributed by atoms with Crippen molar-refractivity contribution in [3.8, 4) is 0 Å². The van der Waals surface area contributed by atoms with E-state index in [4.69, 9.17) is 10.5 Å². The molecule has 3 rings (SSSR count). The van der Waals surface area contributed by atoms with Gasteiger partial charge < -0.3 is 20.7 Å². The molecule has 3 N–H and O–H groups in total. The van der Waals surface area contributed by atoms with E-state index in [-0.39, 0.29) is 11.9 Å². The first-order chi connectivity index (χ1) is 9.66. The number of nitrogens with zero attached hydrogens (tertiary/aromatic N) is 1. The molecule has 0 spiro atoms. The number of carbonyl (C=O) groups excluding carboxylic acids is 1. The van der Waals surface area contributed by atoms with Gasteiger partial charge in [-0.2, -0.15) is 0 Å².